The van der Waals surface area contributed by atoms with E-state index in [0.29, 0.717) is 11.4 Å². The van der Waals surface area contributed by atoms with Crippen LogP contribution >= 0.6 is 0 Å². The quantitative estimate of drug-likeness (QED) is 0.209. The van der Waals surface area contributed by atoms with Crippen LogP contribution < -0.4 is 11.1 Å². The van der Waals surface area contributed by atoms with Gasteiger partial charge in [-0.2, -0.15) is 5.10 Å². The summed E-state index contributed by atoms with van der Waals surface area (Å²) < 4.78 is 10.4. The van der Waals surface area contributed by atoms with Gasteiger partial charge in [-0.15, -0.1) is 0 Å². The lowest BCUT2D eigenvalue weighted by Gasteiger charge is -2.36. The molecule has 0 saturated carbocycles. The summed E-state index contributed by atoms with van der Waals surface area (Å²) in [6.45, 7) is 5.65. The molecule has 226 valence electrons. The summed E-state index contributed by atoms with van der Waals surface area (Å²) in [5, 5.41) is 27.0. The SMILES string of the molecule is CN(CC(=O)N(C)[C@H](C(=O)OC[C@@H](NC(=O)OC(C)(C)C)C(=O)N1N=CCC[C@H]1C(=O)O)C(C)(C)O)C(=O)CN. The van der Waals surface area contributed by atoms with Crippen LogP contribution in [0, 0.1) is 0 Å². The van der Waals surface area contributed by atoms with Crippen molar-refractivity contribution >= 4 is 42.0 Å². The van der Waals surface area contributed by atoms with Crippen LogP contribution in [-0.2, 0) is 33.4 Å². The molecule has 0 spiro atoms. The molecule has 16 heteroatoms. The van der Waals surface area contributed by atoms with Crippen molar-refractivity contribution in [3.05, 3.63) is 0 Å². The zero-order valence-corrected chi connectivity index (χ0v) is 23.9. The maximum atomic E-state index is 13.3. The fourth-order valence-corrected chi connectivity index (χ4v) is 3.67. The fraction of sp³-hybridized carbons (Fsp3) is 0.708. The molecule has 0 radical (unpaired) electrons. The van der Waals surface area contributed by atoms with E-state index in [4.69, 9.17) is 15.2 Å². The number of aliphatic hydroxyl groups is 1. The first-order valence-electron chi connectivity index (χ1n) is 12.5. The first kappa shape index (κ1) is 34.2. The number of nitrogens with one attached hydrogen (secondary N) is 1. The lowest BCUT2D eigenvalue weighted by molar-refractivity contribution is -0.166. The number of carboxylic acids is 1. The third-order valence-electron chi connectivity index (χ3n) is 5.61. The van der Waals surface area contributed by atoms with Gasteiger partial charge >= 0.3 is 18.0 Å². The number of carbonyl (C=O) groups excluding carboxylic acids is 5. The number of carbonyl (C=O) groups is 6. The molecule has 0 bridgehead atoms. The second-order valence-electron chi connectivity index (χ2n) is 10.8. The molecule has 0 saturated heterocycles. The summed E-state index contributed by atoms with van der Waals surface area (Å²) in [5.74, 6) is -4.71. The summed E-state index contributed by atoms with van der Waals surface area (Å²) in [4.78, 5) is 77.0. The standard InChI is InChI=1S/C24H40N6O10/c1-23(2,3)40-22(37)27-14(19(33)30-15(20(34)35)9-8-10-26-30)13-39-21(36)18(24(4,5)38)29(7)17(32)12-28(6)16(31)11-25/h10,14-15,18,38H,8-9,11-13,25H2,1-7H3,(H,27,37)(H,34,35)/t14-,15+,18-/m1/s1. The number of likely N-dealkylation sites (N-methyl/N-ethyl adjacent to an activating group) is 2. The first-order chi connectivity index (χ1) is 18.3. The molecule has 5 N–H and O–H groups in total. The largest absolute Gasteiger partial charge is 0.480 e. The molecule has 0 aromatic heterocycles. The van der Waals surface area contributed by atoms with Crippen molar-refractivity contribution in [2.24, 2.45) is 10.8 Å². The van der Waals surface area contributed by atoms with Gasteiger partial charge in [-0.1, -0.05) is 0 Å². The van der Waals surface area contributed by atoms with Crippen molar-refractivity contribution in [2.45, 2.75) is 76.8 Å². The van der Waals surface area contributed by atoms with E-state index in [1.54, 1.807) is 20.8 Å². The van der Waals surface area contributed by atoms with Gasteiger partial charge in [0, 0.05) is 20.3 Å². The van der Waals surface area contributed by atoms with Crippen molar-refractivity contribution in [3.63, 3.8) is 0 Å². The highest BCUT2D eigenvalue weighted by Crippen LogP contribution is 2.19. The highest BCUT2D eigenvalue weighted by molar-refractivity contribution is 5.91. The number of aliphatic carboxylic acids is 1. The van der Waals surface area contributed by atoms with Crippen molar-refractivity contribution in [1.82, 2.24) is 20.1 Å². The van der Waals surface area contributed by atoms with Crippen molar-refractivity contribution < 1.29 is 48.5 Å². The molecule has 1 aliphatic heterocycles. The molecule has 0 aliphatic carbocycles. The zero-order valence-electron chi connectivity index (χ0n) is 23.9. The summed E-state index contributed by atoms with van der Waals surface area (Å²) in [6, 6.07) is -4.55. The maximum Gasteiger partial charge on any atom is 0.408 e. The monoisotopic (exact) mass is 572 g/mol. The molecule has 1 rings (SSSR count). The normalized spacial score (nSPS) is 16.8. The van der Waals surface area contributed by atoms with Gasteiger partial charge in [0.25, 0.3) is 5.91 Å². The van der Waals surface area contributed by atoms with Gasteiger partial charge in [-0.25, -0.2) is 19.4 Å². The first-order valence-corrected chi connectivity index (χ1v) is 12.5. The molecule has 4 amide bonds. The van der Waals surface area contributed by atoms with Crippen LogP contribution in [0.25, 0.3) is 0 Å². The molecule has 0 aromatic carbocycles. The Hall–Kier alpha value is -3.79. The molecule has 1 heterocycles. The Morgan fingerprint density at radius 2 is 1.73 bits per heavy atom. The Labute approximate surface area is 232 Å². The average molecular weight is 573 g/mol. The lowest BCUT2D eigenvalue weighted by atomic mass is 9.97. The Morgan fingerprint density at radius 3 is 2.23 bits per heavy atom. The van der Waals surface area contributed by atoms with Crippen LogP contribution in [-0.4, -0.2) is 130 Å². The van der Waals surface area contributed by atoms with Gasteiger partial charge in [0.2, 0.25) is 11.8 Å². The number of hydrazone groups is 1. The lowest BCUT2D eigenvalue weighted by Crippen LogP contribution is -2.58. The van der Waals surface area contributed by atoms with E-state index in [-0.39, 0.29) is 13.0 Å². The summed E-state index contributed by atoms with van der Waals surface area (Å²) in [7, 11) is 2.55. The van der Waals surface area contributed by atoms with Crippen molar-refractivity contribution in [2.75, 3.05) is 33.8 Å². The number of alkyl carbamates (subject to hydrolysis) is 1. The van der Waals surface area contributed by atoms with E-state index in [2.05, 4.69) is 10.4 Å². The van der Waals surface area contributed by atoms with E-state index in [9.17, 15) is 39.0 Å². The van der Waals surface area contributed by atoms with E-state index in [1.165, 1.54) is 34.2 Å². The molecule has 1 aliphatic rings. The molecule has 16 nitrogen and oxygen atoms in total. The van der Waals surface area contributed by atoms with E-state index in [0.717, 1.165) is 9.80 Å². The molecule has 0 fully saturated rings. The van der Waals surface area contributed by atoms with E-state index in [1.807, 2.05) is 0 Å². The Kier molecular flexibility index (Phi) is 12.0. The minimum Gasteiger partial charge on any atom is -0.480 e. The topological polar surface area (TPSA) is 221 Å². The molecule has 0 aromatic rings. The second kappa shape index (κ2) is 14.0. The smallest absolute Gasteiger partial charge is 0.408 e. The number of nitrogens with zero attached hydrogens (tertiary/aromatic N) is 4. The van der Waals surface area contributed by atoms with Gasteiger partial charge in [0.05, 0.1) is 18.7 Å². The number of rotatable bonds is 11. The predicted octanol–water partition coefficient (Wildman–Crippen LogP) is -1.50. The molecular weight excluding hydrogens is 532 g/mol. The second-order valence-corrected chi connectivity index (χ2v) is 10.8. The number of ether oxygens (including phenoxy) is 2. The van der Waals surface area contributed by atoms with Crippen LogP contribution in [0.15, 0.2) is 5.10 Å². The van der Waals surface area contributed by atoms with Crippen LogP contribution in [0.3, 0.4) is 0 Å². The molecule has 3 atom stereocenters. The van der Waals surface area contributed by atoms with Gasteiger partial charge in [-0.3, -0.25) is 14.4 Å². The third-order valence-corrected chi connectivity index (χ3v) is 5.61. The molecular formula is C24H40N6O10. The number of hydrogen-bond donors (Lipinski definition) is 4. The van der Waals surface area contributed by atoms with E-state index < -0.39 is 78.2 Å². The molecule has 40 heavy (non-hydrogen) atoms. The number of hydrogen-bond acceptors (Lipinski definition) is 11. The predicted molar refractivity (Wildman–Crippen MR) is 140 cm³/mol. The number of amides is 4. The van der Waals surface area contributed by atoms with Gasteiger partial charge < -0.3 is 40.5 Å². The van der Waals surface area contributed by atoms with E-state index >= 15 is 0 Å². The minimum atomic E-state index is -1.85. The zero-order chi connectivity index (χ0) is 31.0. The van der Waals surface area contributed by atoms with Gasteiger partial charge in [0.1, 0.15) is 18.2 Å². The fourth-order valence-electron chi connectivity index (χ4n) is 3.67. The summed E-state index contributed by atoms with van der Waals surface area (Å²) >= 11 is 0. The minimum absolute atomic E-state index is 0.0678. The van der Waals surface area contributed by atoms with Crippen LogP contribution in [0.2, 0.25) is 0 Å². The van der Waals surface area contributed by atoms with Crippen LogP contribution in [0.4, 0.5) is 4.79 Å². The summed E-state index contributed by atoms with van der Waals surface area (Å²) in [5.41, 5.74) is 2.50. The highest BCUT2D eigenvalue weighted by Gasteiger charge is 2.42. The van der Waals surface area contributed by atoms with Gasteiger partial charge in [0.15, 0.2) is 12.1 Å². The Morgan fingerprint density at radius 1 is 1.12 bits per heavy atom. The number of esters is 1. The Balaban J connectivity index is 3.20. The van der Waals surface area contributed by atoms with Crippen molar-refractivity contribution in [3.8, 4) is 0 Å². The van der Waals surface area contributed by atoms with Crippen LogP contribution in [0.1, 0.15) is 47.5 Å². The van der Waals surface area contributed by atoms with Crippen molar-refractivity contribution in [1.29, 1.82) is 0 Å². The maximum absolute atomic E-state index is 13.3. The van der Waals surface area contributed by atoms with Crippen LogP contribution in [0.5, 0.6) is 0 Å². The van der Waals surface area contributed by atoms with Gasteiger partial charge in [-0.05, 0) is 47.5 Å². The number of carboxylic acid groups (broad SMARTS) is 1. The third kappa shape index (κ3) is 10.1. The Bertz CT molecular complexity index is 1000. The number of nitrogens with two attached hydrogens (primary N) is 1. The highest BCUT2D eigenvalue weighted by atomic mass is 16.6. The molecule has 0 unspecified atom stereocenters. The average Bonchev–Trinajstić information content (AvgIpc) is 2.83. The summed E-state index contributed by atoms with van der Waals surface area (Å²) in [6.07, 6.45) is 0.664.